The van der Waals surface area contributed by atoms with Gasteiger partial charge >= 0.3 is 6.36 Å². The minimum atomic E-state index is -4.77. The van der Waals surface area contributed by atoms with Crippen LogP contribution in [0.15, 0.2) is 24.3 Å². The summed E-state index contributed by atoms with van der Waals surface area (Å²) in [6, 6.07) is 5.66. The highest BCUT2D eigenvalue weighted by atomic mass is 19.4. The van der Waals surface area contributed by atoms with Gasteiger partial charge in [-0.15, -0.1) is 13.2 Å². The summed E-state index contributed by atoms with van der Waals surface area (Å²) in [5, 5.41) is 0. The van der Waals surface area contributed by atoms with Gasteiger partial charge in [0, 0.05) is 13.1 Å². The fourth-order valence-electron chi connectivity index (χ4n) is 1.94. The van der Waals surface area contributed by atoms with Gasteiger partial charge in [0.25, 0.3) is 0 Å². The molecule has 0 aromatic heterocycles. The number of carbonyl (C=O) groups excluding carboxylic acids is 1. The first-order valence-electron chi connectivity index (χ1n) is 5.70. The van der Waals surface area contributed by atoms with Gasteiger partial charge in [0.1, 0.15) is 0 Å². The molecule has 0 atom stereocenters. The largest absolute Gasteiger partial charge is 0.573 e. The van der Waals surface area contributed by atoms with E-state index in [9.17, 15) is 18.0 Å². The van der Waals surface area contributed by atoms with Gasteiger partial charge in [-0.1, -0.05) is 12.1 Å². The van der Waals surface area contributed by atoms with Crippen molar-refractivity contribution in [3.8, 4) is 5.75 Å². The molecule has 1 aromatic carbocycles. The van der Waals surface area contributed by atoms with Crippen molar-refractivity contribution < 1.29 is 22.7 Å². The number of hydrogen-bond acceptors (Lipinski definition) is 3. The lowest BCUT2D eigenvalue weighted by atomic mass is 10.2. The summed E-state index contributed by atoms with van der Waals surface area (Å²) in [6.45, 7) is 1.13. The molecule has 104 valence electrons. The molecule has 0 spiro atoms. The summed E-state index contributed by atoms with van der Waals surface area (Å²) in [7, 11) is 1.79. The van der Waals surface area contributed by atoms with Crippen molar-refractivity contribution in [1.82, 2.24) is 4.90 Å². The van der Waals surface area contributed by atoms with Gasteiger partial charge in [0.05, 0.1) is 12.2 Å². The first-order chi connectivity index (χ1) is 8.87. The number of rotatable bonds is 2. The Hall–Kier alpha value is -1.76. The molecule has 0 aliphatic carbocycles. The van der Waals surface area contributed by atoms with Crippen molar-refractivity contribution in [2.45, 2.75) is 6.36 Å². The molecule has 0 bridgehead atoms. The molecule has 0 N–H and O–H groups in total. The molecule has 0 saturated carbocycles. The normalized spacial score (nSPS) is 17.7. The average molecular weight is 274 g/mol. The van der Waals surface area contributed by atoms with Crippen LogP contribution in [-0.2, 0) is 4.79 Å². The third-order valence-corrected chi connectivity index (χ3v) is 2.79. The fourth-order valence-corrected chi connectivity index (χ4v) is 1.94. The Labute approximate surface area is 108 Å². The van der Waals surface area contributed by atoms with Crippen LogP contribution in [-0.4, -0.2) is 43.9 Å². The number of anilines is 1. The number of ether oxygens (including phenoxy) is 1. The maximum Gasteiger partial charge on any atom is 0.573 e. The van der Waals surface area contributed by atoms with E-state index in [1.807, 2.05) is 4.90 Å². The SMILES string of the molecule is CN1CCN(c2ccccc2OC(F)(F)F)C(=O)C1. The van der Waals surface area contributed by atoms with Crippen molar-refractivity contribution in [2.24, 2.45) is 0 Å². The van der Waals surface area contributed by atoms with Crippen LogP contribution in [0.5, 0.6) is 5.75 Å². The minimum absolute atomic E-state index is 0.151. The second-order valence-corrected chi connectivity index (χ2v) is 4.30. The number of halogens is 3. The maximum atomic E-state index is 12.3. The Bertz CT molecular complexity index is 476. The molecule has 19 heavy (non-hydrogen) atoms. The van der Waals surface area contributed by atoms with Crippen molar-refractivity contribution in [2.75, 3.05) is 31.6 Å². The number of nitrogens with zero attached hydrogens (tertiary/aromatic N) is 2. The zero-order valence-electron chi connectivity index (χ0n) is 10.3. The topological polar surface area (TPSA) is 32.8 Å². The lowest BCUT2D eigenvalue weighted by molar-refractivity contribution is -0.274. The number of piperazine rings is 1. The van der Waals surface area contributed by atoms with Gasteiger partial charge in [-0.2, -0.15) is 0 Å². The Balaban J connectivity index is 2.27. The molecule has 1 fully saturated rings. The van der Waals surface area contributed by atoms with E-state index in [0.29, 0.717) is 13.1 Å². The first kappa shape index (κ1) is 13.7. The molecular weight excluding hydrogens is 261 g/mol. The number of carbonyl (C=O) groups is 1. The number of benzene rings is 1. The molecule has 2 rings (SSSR count). The summed E-state index contributed by atoms with van der Waals surface area (Å²) in [5.74, 6) is -0.597. The molecule has 1 aliphatic heterocycles. The third-order valence-electron chi connectivity index (χ3n) is 2.79. The lowest BCUT2D eigenvalue weighted by Crippen LogP contribution is -2.49. The fraction of sp³-hybridized carbons (Fsp3) is 0.417. The third kappa shape index (κ3) is 3.37. The predicted octanol–water partition coefficient (Wildman–Crippen LogP) is 1.86. The zero-order valence-corrected chi connectivity index (χ0v) is 10.3. The second-order valence-electron chi connectivity index (χ2n) is 4.30. The number of likely N-dealkylation sites (N-methyl/N-ethyl adjacent to an activating group) is 1. The molecule has 7 heteroatoms. The van der Waals surface area contributed by atoms with Crippen molar-refractivity contribution in [3.05, 3.63) is 24.3 Å². The van der Waals surface area contributed by atoms with Crippen molar-refractivity contribution in [3.63, 3.8) is 0 Å². The lowest BCUT2D eigenvalue weighted by Gasteiger charge is -2.33. The predicted molar refractivity (Wildman–Crippen MR) is 63.0 cm³/mol. The summed E-state index contributed by atoms with van der Waals surface area (Å²) < 4.78 is 40.9. The van der Waals surface area contributed by atoms with Gasteiger partial charge < -0.3 is 9.64 Å². The van der Waals surface area contributed by atoms with E-state index in [1.54, 1.807) is 13.1 Å². The number of amides is 1. The molecular formula is C12H13F3N2O2. The van der Waals surface area contributed by atoms with Crippen LogP contribution in [0.4, 0.5) is 18.9 Å². The van der Waals surface area contributed by atoms with Crippen LogP contribution in [0.25, 0.3) is 0 Å². The molecule has 1 heterocycles. The minimum Gasteiger partial charge on any atom is -0.404 e. The van der Waals surface area contributed by atoms with Gasteiger partial charge in [-0.25, -0.2) is 0 Å². The quantitative estimate of drug-likeness (QED) is 0.825. The highest BCUT2D eigenvalue weighted by molar-refractivity contribution is 5.96. The standard InChI is InChI=1S/C12H13F3N2O2/c1-16-6-7-17(11(18)8-16)9-4-2-3-5-10(9)19-12(13,14)15/h2-5H,6-8H2,1H3. The maximum absolute atomic E-state index is 12.3. The Morgan fingerprint density at radius 3 is 2.53 bits per heavy atom. The number of para-hydroxylation sites is 2. The van der Waals surface area contributed by atoms with E-state index in [4.69, 9.17) is 0 Å². The van der Waals surface area contributed by atoms with Crippen LogP contribution >= 0.6 is 0 Å². The number of hydrogen-bond donors (Lipinski definition) is 0. The monoisotopic (exact) mass is 274 g/mol. The zero-order chi connectivity index (χ0) is 14.0. The Kier molecular flexibility index (Phi) is 3.66. The second kappa shape index (κ2) is 5.08. The summed E-state index contributed by atoms with van der Waals surface area (Å²) >= 11 is 0. The van der Waals surface area contributed by atoms with Gasteiger partial charge in [0.15, 0.2) is 5.75 Å². The molecule has 1 aromatic rings. The molecule has 1 saturated heterocycles. The van der Waals surface area contributed by atoms with E-state index < -0.39 is 6.36 Å². The smallest absolute Gasteiger partial charge is 0.404 e. The summed E-state index contributed by atoms with van der Waals surface area (Å²) in [5.41, 5.74) is 0.151. The highest BCUT2D eigenvalue weighted by Gasteiger charge is 2.34. The van der Waals surface area contributed by atoms with Crippen LogP contribution in [0.1, 0.15) is 0 Å². The molecule has 4 nitrogen and oxygen atoms in total. The van der Waals surface area contributed by atoms with Crippen LogP contribution < -0.4 is 9.64 Å². The summed E-state index contributed by atoms with van der Waals surface area (Å²) in [4.78, 5) is 15.0. The Morgan fingerprint density at radius 1 is 1.21 bits per heavy atom. The highest BCUT2D eigenvalue weighted by Crippen LogP contribution is 2.33. The summed E-state index contributed by atoms with van der Waals surface area (Å²) in [6.07, 6.45) is -4.77. The average Bonchev–Trinajstić information content (AvgIpc) is 2.28. The molecule has 0 unspecified atom stereocenters. The van der Waals surface area contributed by atoms with Crippen LogP contribution in [0, 0.1) is 0 Å². The molecule has 1 amide bonds. The van der Waals surface area contributed by atoms with Crippen molar-refractivity contribution in [1.29, 1.82) is 0 Å². The van der Waals surface area contributed by atoms with E-state index >= 15 is 0 Å². The molecule has 0 radical (unpaired) electrons. The van der Waals surface area contributed by atoms with Crippen LogP contribution in [0.3, 0.4) is 0 Å². The molecule has 1 aliphatic rings. The van der Waals surface area contributed by atoms with E-state index in [1.165, 1.54) is 23.1 Å². The van der Waals surface area contributed by atoms with E-state index in [-0.39, 0.29) is 23.9 Å². The van der Waals surface area contributed by atoms with Gasteiger partial charge in [-0.3, -0.25) is 9.69 Å². The first-order valence-corrected chi connectivity index (χ1v) is 5.70. The van der Waals surface area contributed by atoms with Gasteiger partial charge in [0.2, 0.25) is 5.91 Å². The van der Waals surface area contributed by atoms with E-state index in [0.717, 1.165) is 0 Å². The van der Waals surface area contributed by atoms with Crippen molar-refractivity contribution >= 4 is 11.6 Å². The van der Waals surface area contributed by atoms with Gasteiger partial charge in [-0.05, 0) is 19.2 Å². The Morgan fingerprint density at radius 2 is 1.89 bits per heavy atom. The van der Waals surface area contributed by atoms with Crippen LogP contribution in [0.2, 0.25) is 0 Å². The van der Waals surface area contributed by atoms with E-state index in [2.05, 4.69) is 4.74 Å². The number of alkyl halides is 3.